The number of fused-ring (bicyclic) bond motifs is 8. The zero-order valence-corrected chi connectivity index (χ0v) is 42.2. The molecule has 1 heterocycles. The van der Waals surface area contributed by atoms with Crippen molar-refractivity contribution in [1.82, 2.24) is 0 Å². The number of methoxy groups -OCH3 is 2. The number of phenolic OH excluding ortho intramolecular Hbond substituents is 1. The highest BCUT2D eigenvalue weighted by molar-refractivity contribution is 6.72. The maximum Gasteiger partial charge on any atom is 0.416 e. The first-order chi connectivity index (χ1) is 32.8. The van der Waals surface area contributed by atoms with Gasteiger partial charge in [-0.05, 0) is 180 Å². The highest BCUT2D eigenvalue weighted by Crippen LogP contribution is 2.58. The summed E-state index contributed by atoms with van der Waals surface area (Å²) < 4.78 is 78.1. The van der Waals surface area contributed by atoms with E-state index in [1.165, 1.54) is 12.1 Å². The highest BCUT2D eigenvalue weighted by Gasteiger charge is 2.42. The van der Waals surface area contributed by atoms with Gasteiger partial charge in [-0.25, -0.2) is 0 Å². The average molecular weight is 967 g/mol. The second-order valence-corrected chi connectivity index (χ2v) is 28.1. The molecular weight excluding hydrogens is 910 g/mol. The fourth-order valence-corrected chi connectivity index (χ4v) is 13.7. The van der Waals surface area contributed by atoms with Crippen molar-refractivity contribution < 1.29 is 46.1 Å². The third-order valence-corrected chi connectivity index (χ3v) is 18.0. The van der Waals surface area contributed by atoms with Crippen LogP contribution in [0.15, 0.2) is 133 Å². The molecule has 1 unspecified atom stereocenters. The van der Waals surface area contributed by atoms with Crippen LogP contribution in [0.25, 0.3) is 39.1 Å². The van der Waals surface area contributed by atoms with Gasteiger partial charge in [0.2, 0.25) is 16.6 Å². The molecule has 12 heteroatoms. The minimum Gasteiger partial charge on any atom is -0.544 e. The van der Waals surface area contributed by atoms with Gasteiger partial charge in [0.1, 0.15) is 40.6 Å². The number of halogens is 3. The molecule has 2 aliphatic rings. The van der Waals surface area contributed by atoms with Crippen molar-refractivity contribution in [3.8, 4) is 68.2 Å². The Bertz CT molecular complexity index is 3040. The van der Waals surface area contributed by atoms with E-state index in [4.69, 9.17) is 27.8 Å². The van der Waals surface area contributed by atoms with Gasteiger partial charge >= 0.3 is 6.18 Å². The zero-order chi connectivity index (χ0) is 48.9. The summed E-state index contributed by atoms with van der Waals surface area (Å²) in [5.74, 6) is 5.19. The number of hydrogen-bond acceptors (Lipinski definition) is 7. The third kappa shape index (κ3) is 9.82. The summed E-state index contributed by atoms with van der Waals surface area (Å²) in [4.78, 5) is 0. The molecule has 1 atom stereocenters. The first kappa shape index (κ1) is 47.4. The lowest BCUT2D eigenvalue weighted by molar-refractivity contribution is -0.137. The monoisotopic (exact) mass is 966 g/mol. The largest absolute Gasteiger partial charge is 0.544 e. The van der Waals surface area contributed by atoms with Crippen molar-refractivity contribution in [2.45, 2.75) is 82.7 Å². The van der Waals surface area contributed by atoms with Crippen LogP contribution in [-0.4, -0.2) is 36.0 Å². The van der Waals surface area contributed by atoms with Crippen LogP contribution in [0.4, 0.5) is 13.2 Å². The molecule has 0 saturated heterocycles. The minimum atomic E-state index is -4.41. The van der Waals surface area contributed by atoms with Crippen molar-refractivity contribution in [1.29, 1.82) is 0 Å². The van der Waals surface area contributed by atoms with Gasteiger partial charge in [0.25, 0.3) is 0 Å². The van der Waals surface area contributed by atoms with E-state index in [1.54, 1.807) is 26.4 Å². The molecule has 1 aliphatic carbocycles. The lowest BCUT2D eigenvalue weighted by Crippen LogP contribution is -2.35. The molecule has 356 valence electrons. The van der Waals surface area contributed by atoms with Crippen molar-refractivity contribution >= 4 is 33.5 Å². The van der Waals surface area contributed by atoms with Gasteiger partial charge in [-0.3, -0.25) is 0 Å². The van der Waals surface area contributed by atoms with Gasteiger partial charge < -0.3 is 32.9 Å². The molecule has 0 fully saturated rings. The van der Waals surface area contributed by atoms with E-state index in [-0.39, 0.29) is 5.75 Å². The molecule has 1 N–H and O–H groups in total. The summed E-state index contributed by atoms with van der Waals surface area (Å²) in [7, 11) is -0.635. The van der Waals surface area contributed by atoms with Crippen molar-refractivity contribution in [2.75, 3.05) is 14.2 Å². The first-order valence-corrected chi connectivity index (χ1v) is 29.5. The summed E-state index contributed by atoms with van der Waals surface area (Å²) in [5, 5.41) is 11.4. The highest BCUT2D eigenvalue weighted by atomic mass is 28.4. The van der Waals surface area contributed by atoms with E-state index < -0.39 is 39.9 Å². The summed E-state index contributed by atoms with van der Waals surface area (Å²) in [5.41, 5.74) is 6.59. The van der Waals surface area contributed by atoms with E-state index in [2.05, 4.69) is 64.3 Å². The lowest BCUT2D eigenvalue weighted by Gasteiger charge is -2.30. The fourth-order valence-electron chi connectivity index (χ4n) is 9.78. The van der Waals surface area contributed by atoms with E-state index in [0.717, 1.165) is 104 Å². The quantitative estimate of drug-likeness (QED) is 0.0810. The standard InChI is InChI=1S/C57H57F3O7Si2/c1-56(2)49-33-38(36-11-16-39(17-12-36)57(58,59)60)15-28-45(49)53-47-34-51(62-3)52(63-4)35-48(47)55-46(54(53)56)29-30-50(65-55)37-13-20-41(21-14-37)64-42-24-26-44(27-25-42)67-69(7,8)32-10-9-31-68(5,6)66-43-22-18-40(61)19-23-43/h11-30,33-35,50,61H,9-10,31-32H2,1-8H3. The van der Waals surface area contributed by atoms with Gasteiger partial charge in [-0.2, -0.15) is 13.2 Å². The number of rotatable bonds is 15. The van der Waals surface area contributed by atoms with E-state index in [0.29, 0.717) is 28.6 Å². The van der Waals surface area contributed by atoms with Crippen LogP contribution >= 0.6 is 0 Å². The zero-order valence-electron chi connectivity index (χ0n) is 40.2. The van der Waals surface area contributed by atoms with Crippen LogP contribution in [0.1, 0.15) is 60.6 Å². The van der Waals surface area contributed by atoms with Crippen molar-refractivity contribution in [2.24, 2.45) is 0 Å². The number of aromatic hydroxyl groups is 1. The van der Waals surface area contributed by atoms with Crippen molar-refractivity contribution in [3.63, 3.8) is 0 Å². The van der Waals surface area contributed by atoms with E-state index >= 15 is 0 Å². The van der Waals surface area contributed by atoms with E-state index in [9.17, 15) is 18.3 Å². The second kappa shape index (κ2) is 18.4. The maximum atomic E-state index is 13.4. The van der Waals surface area contributed by atoms with Crippen molar-refractivity contribution in [3.05, 3.63) is 161 Å². The predicted molar refractivity (Wildman–Crippen MR) is 274 cm³/mol. The SMILES string of the molecule is COc1cc2c3c(c4c(c2cc1OC)-c1ccc(-c2ccc(C(F)(F)F)cc2)cc1C4(C)C)C=CC(c1ccc(Oc2ccc(O[Si](C)(C)CCCC[Si](C)(C)Oc4ccc(O)cc4)cc2)cc1)O3. The Labute approximate surface area is 404 Å². The van der Waals surface area contributed by atoms with E-state index in [1.807, 2.05) is 78.9 Å². The Morgan fingerprint density at radius 1 is 0.638 bits per heavy atom. The third-order valence-electron chi connectivity index (χ3n) is 13.3. The molecule has 7 aromatic rings. The van der Waals surface area contributed by atoms with Crippen LogP contribution in [-0.2, 0) is 11.6 Å². The Morgan fingerprint density at radius 3 is 1.72 bits per heavy atom. The number of benzene rings is 7. The summed E-state index contributed by atoms with van der Waals surface area (Å²) in [6.07, 6.45) is 1.59. The Morgan fingerprint density at radius 2 is 1.16 bits per heavy atom. The van der Waals surface area contributed by atoms with Crippen LogP contribution in [0.3, 0.4) is 0 Å². The summed E-state index contributed by atoms with van der Waals surface area (Å²) in [6, 6.07) is 40.3. The first-order valence-electron chi connectivity index (χ1n) is 23.3. The Balaban J connectivity index is 0.893. The number of unbranched alkanes of at least 4 members (excludes halogenated alkanes) is 1. The molecule has 7 nitrogen and oxygen atoms in total. The topological polar surface area (TPSA) is 75.6 Å². The maximum absolute atomic E-state index is 13.4. The van der Waals surface area contributed by atoms with Crippen LogP contribution in [0.5, 0.6) is 46.0 Å². The van der Waals surface area contributed by atoms with Crippen LogP contribution in [0, 0.1) is 0 Å². The summed E-state index contributed by atoms with van der Waals surface area (Å²) in [6.45, 7) is 13.4. The molecule has 0 amide bonds. The average Bonchev–Trinajstić information content (AvgIpc) is 3.56. The molecule has 0 aromatic heterocycles. The molecule has 9 rings (SSSR count). The number of ether oxygens (including phenoxy) is 4. The molecule has 7 aromatic carbocycles. The Kier molecular flexibility index (Phi) is 12.6. The molecule has 0 radical (unpaired) electrons. The smallest absolute Gasteiger partial charge is 0.416 e. The second-order valence-electron chi connectivity index (χ2n) is 19.7. The van der Waals surface area contributed by atoms with Crippen LogP contribution < -0.4 is 27.8 Å². The van der Waals surface area contributed by atoms with Gasteiger partial charge in [-0.15, -0.1) is 0 Å². The number of alkyl halides is 3. The number of phenols is 1. The normalized spacial score (nSPS) is 14.9. The van der Waals surface area contributed by atoms with Crippen LogP contribution in [0.2, 0.25) is 38.3 Å². The molecule has 0 saturated carbocycles. The van der Waals surface area contributed by atoms with Gasteiger partial charge in [0.15, 0.2) is 11.5 Å². The molecular formula is C57H57F3O7Si2. The predicted octanol–water partition coefficient (Wildman–Crippen LogP) is 16.1. The van der Waals surface area contributed by atoms with Gasteiger partial charge in [-0.1, -0.05) is 69.2 Å². The fraction of sp³-hybridized carbons (Fsp3) is 0.263. The molecule has 0 bridgehead atoms. The minimum absolute atomic E-state index is 0.240. The number of hydrogen-bond donors (Lipinski definition) is 1. The molecule has 0 spiro atoms. The summed E-state index contributed by atoms with van der Waals surface area (Å²) >= 11 is 0. The molecule has 1 aliphatic heterocycles. The van der Waals surface area contributed by atoms with Gasteiger partial charge in [0, 0.05) is 16.4 Å². The van der Waals surface area contributed by atoms with Gasteiger partial charge in [0.05, 0.1) is 19.8 Å². The molecule has 69 heavy (non-hydrogen) atoms. The Hall–Kier alpha value is -6.64. The lowest BCUT2D eigenvalue weighted by atomic mass is 9.78.